The van der Waals surface area contributed by atoms with Crippen LogP contribution in [0.5, 0.6) is 0 Å². The van der Waals surface area contributed by atoms with Crippen LogP contribution in [0.15, 0.2) is 46.4 Å². The zero-order valence-electron chi connectivity index (χ0n) is 13.7. The lowest BCUT2D eigenvalue weighted by Gasteiger charge is -2.05. The second-order valence-electron chi connectivity index (χ2n) is 5.39. The van der Waals surface area contributed by atoms with Crippen molar-refractivity contribution in [2.45, 2.75) is 20.4 Å². The van der Waals surface area contributed by atoms with Crippen LogP contribution < -0.4 is 5.32 Å². The summed E-state index contributed by atoms with van der Waals surface area (Å²) in [6.45, 7) is 5.11. The molecule has 0 aliphatic rings. The number of hydrogen-bond donors (Lipinski definition) is 1. The zero-order valence-corrected chi connectivity index (χ0v) is 14.5. The summed E-state index contributed by atoms with van der Waals surface area (Å²) in [6.07, 6.45) is 5.03. The van der Waals surface area contributed by atoms with Gasteiger partial charge in [0.2, 0.25) is 5.91 Å². The highest BCUT2D eigenvalue weighted by atomic mass is 32.1. The Bertz CT molecular complexity index is 830. The van der Waals surface area contributed by atoms with Gasteiger partial charge in [0, 0.05) is 23.2 Å². The second kappa shape index (κ2) is 7.31. The third kappa shape index (κ3) is 3.65. The van der Waals surface area contributed by atoms with Crippen molar-refractivity contribution in [2.75, 3.05) is 6.54 Å². The molecule has 0 fully saturated rings. The van der Waals surface area contributed by atoms with E-state index in [-0.39, 0.29) is 5.91 Å². The average Bonchev–Trinajstić information content (AvgIpc) is 3.28. The van der Waals surface area contributed by atoms with Crippen LogP contribution in [-0.4, -0.2) is 22.2 Å². The highest BCUT2D eigenvalue weighted by molar-refractivity contribution is 7.10. The molecule has 0 aliphatic heterocycles. The quantitative estimate of drug-likeness (QED) is 0.696. The van der Waals surface area contributed by atoms with E-state index in [0.717, 1.165) is 27.6 Å². The molecule has 3 aromatic heterocycles. The van der Waals surface area contributed by atoms with Crippen LogP contribution >= 0.6 is 11.3 Å². The van der Waals surface area contributed by atoms with Gasteiger partial charge in [0.1, 0.15) is 5.76 Å². The summed E-state index contributed by atoms with van der Waals surface area (Å²) < 4.78 is 7.37. The first-order chi connectivity index (χ1) is 11.6. The van der Waals surface area contributed by atoms with Crippen LogP contribution in [0.2, 0.25) is 0 Å². The highest BCUT2D eigenvalue weighted by Gasteiger charge is 2.15. The van der Waals surface area contributed by atoms with Gasteiger partial charge in [-0.15, -0.1) is 11.3 Å². The summed E-state index contributed by atoms with van der Waals surface area (Å²) in [7, 11) is 0. The number of carbonyl (C=O) groups is 1. The van der Waals surface area contributed by atoms with E-state index in [1.54, 1.807) is 23.7 Å². The molecule has 0 saturated carbocycles. The van der Waals surface area contributed by atoms with Crippen molar-refractivity contribution in [3.8, 4) is 11.3 Å². The van der Waals surface area contributed by atoms with Gasteiger partial charge in [-0.2, -0.15) is 5.10 Å². The van der Waals surface area contributed by atoms with Crippen molar-refractivity contribution in [1.82, 2.24) is 15.1 Å². The Labute approximate surface area is 144 Å². The lowest BCUT2D eigenvalue weighted by Crippen LogP contribution is -2.26. The minimum absolute atomic E-state index is 0.101. The summed E-state index contributed by atoms with van der Waals surface area (Å²) in [5.74, 6) is 0.718. The van der Waals surface area contributed by atoms with Crippen LogP contribution in [0.25, 0.3) is 17.4 Å². The van der Waals surface area contributed by atoms with Gasteiger partial charge in [0.15, 0.2) is 0 Å². The first kappa shape index (κ1) is 16.3. The van der Waals surface area contributed by atoms with E-state index in [1.165, 1.54) is 0 Å². The Hall–Kier alpha value is -2.60. The molecule has 3 rings (SSSR count). The fourth-order valence-corrected chi connectivity index (χ4v) is 3.20. The maximum atomic E-state index is 11.8. The van der Waals surface area contributed by atoms with Crippen LogP contribution in [0.3, 0.4) is 0 Å². The Morgan fingerprint density at radius 2 is 2.25 bits per heavy atom. The van der Waals surface area contributed by atoms with Crippen LogP contribution in [0.1, 0.15) is 16.3 Å². The Balaban J connectivity index is 1.57. The molecule has 0 aromatic carbocycles. The SMILES string of the molecule is Cc1nn(CCNC(=O)/C=C/c2cccs2)c(C)c1-c1ccco1. The Morgan fingerprint density at radius 1 is 1.38 bits per heavy atom. The third-order valence-corrected chi connectivity index (χ3v) is 4.55. The van der Waals surface area contributed by atoms with E-state index in [9.17, 15) is 4.79 Å². The molecule has 0 bridgehead atoms. The summed E-state index contributed by atoms with van der Waals surface area (Å²) in [6, 6.07) is 7.73. The van der Waals surface area contributed by atoms with Crippen molar-refractivity contribution in [1.29, 1.82) is 0 Å². The molecule has 0 saturated heterocycles. The summed E-state index contributed by atoms with van der Waals surface area (Å²) >= 11 is 1.60. The number of nitrogens with one attached hydrogen (secondary N) is 1. The number of thiophene rings is 1. The van der Waals surface area contributed by atoms with Gasteiger partial charge in [0.05, 0.1) is 24.1 Å². The molecule has 0 spiro atoms. The fraction of sp³-hybridized carbons (Fsp3) is 0.222. The van der Waals surface area contributed by atoms with Crippen molar-refractivity contribution < 1.29 is 9.21 Å². The molecule has 0 aliphatic carbocycles. The van der Waals surface area contributed by atoms with Gasteiger partial charge in [-0.3, -0.25) is 9.48 Å². The highest BCUT2D eigenvalue weighted by Crippen LogP contribution is 2.26. The molecular weight excluding hydrogens is 322 g/mol. The molecule has 6 heteroatoms. The molecule has 3 aromatic rings. The van der Waals surface area contributed by atoms with Crippen LogP contribution in [0, 0.1) is 13.8 Å². The minimum atomic E-state index is -0.101. The van der Waals surface area contributed by atoms with E-state index >= 15 is 0 Å². The zero-order chi connectivity index (χ0) is 16.9. The van der Waals surface area contributed by atoms with Crippen molar-refractivity contribution in [3.05, 3.63) is 58.2 Å². The predicted molar refractivity (Wildman–Crippen MR) is 95.8 cm³/mol. The fourth-order valence-electron chi connectivity index (χ4n) is 2.58. The van der Waals surface area contributed by atoms with E-state index in [2.05, 4.69) is 10.4 Å². The second-order valence-corrected chi connectivity index (χ2v) is 6.37. The monoisotopic (exact) mass is 341 g/mol. The van der Waals surface area contributed by atoms with Gasteiger partial charge < -0.3 is 9.73 Å². The molecule has 24 heavy (non-hydrogen) atoms. The molecule has 1 amide bonds. The van der Waals surface area contributed by atoms with E-state index in [4.69, 9.17) is 4.42 Å². The number of carbonyl (C=O) groups excluding carboxylic acids is 1. The van der Waals surface area contributed by atoms with E-state index in [1.807, 2.05) is 54.3 Å². The number of nitrogens with zero attached hydrogens (tertiary/aromatic N) is 2. The Morgan fingerprint density at radius 3 is 2.96 bits per heavy atom. The average molecular weight is 341 g/mol. The number of aryl methyl sites for hydroxylation is 1. The molecule has 3 heterocycles. The maximum Gasteiger partial charge on any atom is 0.244 e. The lowest BCUT2D eigenvalue weighted by atomic mass is 10.1. The van der Waals surface area contributed by atoms with E-state index < -0.39 is 0 Å². The summed E-state index contributed by atoms with van der Waals surface area (Å²) in [4.78, 5) is 12.9. The standard InChI is InChI=1S/C18H19N3O2S/c1-13-18(16-6-3-11-23-16)14(2)21(20-13)10-9-19-17(22)8-7-15-5-4-12-24-15/h3-8,11-12H,9-10H2,1-2H3,(H,19,22)/b8-7+. The Kier molecular flexibility index (Phi) is 4.96. The summed E-state index contributed by atoms with van der Waals surface area (Å²) in [5.41, 5.74) is 2.97. The third-order valence-electron chi connectivity index (χ3n) is 3.71. The molecule has 0 atom stereocenters. The van der Waals surface area contributed by atoms with Crippen molar-refractivity contribution >= 4 is 23.3 Å². The number of amides is 1. The molecule has 1 N–H and O–H groups in total. The number of aromatic nitrogens is 2. The van der Waals surface area contributed by atoms with E-state index in [0.29, 0.717) is 13.1 Å². The number of rotatable bonds is 6. The molecule has 5 nitrogen and oxygen atoms in total. The van der Waals surface area contributed by atoms with Gasteiger partial charge in [-0.05, 0) is 43.5 Å². The molecule has 124 valence electrons. The largest absolute Gasteiger partial charge is 0.464 e. The number of furan rings is 1. The van der Waals surface area contributed by atoms with Gasteiger partial charge in [0.25, 0.3) is 0 Å². The maximum absolute atomic E-state index is 11.8. The van der Waals surface area contributed by atoms with Crippen molar-refractivity contribution in [3.63, 3.8) is 0 Å². The van der Waals surface area contributed by atoms with Gasteiger partial charge >= 0.3 is 0 Å². The minimum Gasteiger partial charge on any atom is -0.464 e. The van der Waals surface area contributed by atoms with Crippen LogP contribution in [0.4, 0.5) is 0 Å². The van der Waals surface area contributed by atoms with Gasteiger partial charge in [-0.1, -0.05) is 6.07 Å². The predicted octanol–water partition coefficient (Wildman–Crippen LogP) is 3.65. The summed E-state index contributed by atoms with van der Waals surface area (Å²) in [5, 5.41) is 9.40. The number of hydrogen-bond acceptors (Lipinski definition) is 4. The first-order valence-electron chi connectivity index (χ1n) is 7.72. The van der Waals surface area contributed by atoms with Crippen LogP contribution in [-0.2, 0) is 11.3 Å². The lowest BCUT2D eigenvalue weighted by molar-refractivity contribution is -0.116. The molecule has 0 radical (unpaired) electrons. The molecular formula is C18H19N3O2S. The normalized spacial score (nSPS) is 11.2. The smallest absolute Gasteiger partial charge is 0.244 e. The van der Waals surface area contributed by atoms with Crippen molar-refractivity contribution in [2.24, 2.45) is 0 Å². The topological polar surface area (TPSA) is 60.1 Å². The first-order valence-corrected chi connectivity index (χ1v) is 8.60. The molecule has 0 unspecified atom stereocenters. The van der Waals surface area contributed by atoms with Gasteiger partial charge in [-0.25, -0.2) is 0 Å².